The van der Waals surface area contributed by atoms with Crippen molar-refractivity contribution in [3.63, 3.8) is 0 Å². The third-order valence-corrected chi connectivity index (χ3v) is 4.29. The minimum absolute atomic E-state index is 0.163. The Morgan fingerprint density at radius 2 is 2.00 bits per heavy atom. The van der Waals surface area contributed by atoms with Crippen LogP contribution in [0, 0.1) is 11.0 Å². The van der Waals surface area contributed by atoms with Crippen LogP contribution in [0.3, 0.4) is 0 Å². The van der Waals surface area contributed by atoms with E-state index >= 15 is 0 Å². The minimum atomic E-state index is -0.287. The molecule has 1 unspecified atom stereocenters. The fourth-order valence-corrected chi connectivity index (χ4v) is 3.22. The third-order valence-electron chi connectivity index (χ3n) is 4.05. The Labute approximate surface area is 137 Å². The zero-order valence-corrected chi connectivity index (χ0v) is 12.8. The molecule has 0 aliphatic carbocycles. The van der Waals surface area contributed by atoms with E-state index in [-0.39, 0.29) is 17.7 Å². The van der Waals surface area contributed by atoms with E-state index in [0.29, 0.717) is 22.8 Å². The van der Waals surface area contributed by atoms with Gasteiger partial charge >= 0.3 is 0 Å². The van der Waals surface area contributed by atoms with Gasteiger partial charge < -0.3 is 5.21 Å². The number of rotatable bonds is 1. The topological polar surface area (TPSA) is 43.1 Å². The molecule has 0 bridgehead atoms. The molecule has 1 atom stereocenters. The molecular weight excluding hydrogens is 317 g/mol. The van der Waals surface area contributed by atoms with Crippen molar-refractivity contribution < 1.29 is 9.56 Å². The molecular formula is C17H13ClFN3O. The lowest BCUT2D eigenvalue weighted by Gasteiger charge is -2.21. The number of benzene rings is 2. The quantitative estimate of drug-likeness (QED) is 0.818. The number of fused-ring (bicyclic) bond motifs is 3. The molecule has 2 aliphatic rings. The van der Waals surface area contributed by atoms with Gasteiger partial charge in [-0.05, 0) is 29.8 Å². The summed E-state index contributed by atoms with van der Waals surface area (Å²) in [6.07, 6.45) is 2.38. The van der Waals surface area contributed by atoms with E-state index in [9.17, 15) is 9.60 Å². The number of quaternary nitrogens is 1. The van der Waals surface area contributed by atoms with Gasteiger partial charge in [0.1, 0.15) is 5.82 Å². The number of hydrogen-bond acceptors (Lipinski definition) is 3. The van der Waals surface area contributed by atoms with Crippen LogP contribution in [0.4, 0.5) is 10.1 Å². The molecule has 23 heavy (non-hydrogen) atoms. The number of halogens is 2. The maximum absolute atomic E-state index is 14.3. The lowest BCUT2D eigenvalue weighted by molar-refractivity contribution is -0.847. The zero-order valence-electron chi connectivity index (χ0n) is 12.1. The van der Waals surface area contributed by atoms with Crippen LogP contribution in [-0.2, 0) is 0 Å². The number of amidine groups is 1. The summed E-state index contributed by atoms with van der Waals surface area (Å²) in [7, 11) is 0. The van der Waals surface area contributed by atoms with E-state index in [1.54, 1.807) is 30.3 Å². The molecule has 0 spiro atoms. The van der Waals surface area contributed by atoms with Gasteiger partial charge in [0.15, 0.2) is 12.5 Å². The van der Waals surface area contributed by atoms with Crippen molar-refractivity contribution >= 4 is 28.7 Å². The second-order valence-electron chi connectivity index (χ2n) is 5.47. The molecule has 6 heteroatoms. The number of anilines is 1. The summed E-state index contributed by atoms with van der Waals surface area (Å²) in [6.45, 7) is 0.211. The van der Waals surface area contributed by atoms with Crippen molar-refractivity contribution in [2.75, 3.05) is 11.6 Å². The Kier molecular flexibility index (Phi) is 3.41. The number of hydroxylamine groups is 1. The summed E-state index contributed by atoms with van der Waals surface area (Å²) in [5, 5.41) is 16.1. The SMILES string of the molecule is [O-][NH+]1CN2C(=N1)CC=C(c1ccccc1F)c1cc(Cl)ccc12. The molecule has 4 nitrogen and oxygen atoms in total. The maximum Gasteiger partial charge on any atom is 0.182 e. The van der Waals surface area contributed by atoms with E-state index in [0.717, 1.165) is 16.8 Å². The summed E-state index contributed by atoms with van der Waals surface area (Å²) < 4.78 is 14.3. The summed E-state index contributed by atoms with van der Waals surface area (Å²) >= 11 is 6.16. The number of nitrogens with one attached hydrogen (secondary N) is 1. The highest BCUT2D eigenvalue weighted by Gasteiger charge is 2.30. The fourth-order valence-electron chi connectivity index (χ4n) is 3.04. The molecule has 116 valence electrons. The lowest BCUT2D eigenvalue weighted by Crippen LogP contribution is -3.01. The number of hydrogen-bond donors (Lipinski definition) is 1. The second kappa shape index (κ2) is 5.45. The lowest BCUT2D eigenvalue weighted by atomic mass is 9.95. The van der Waals surface area contributed by atoms with Gasteiger partial charge in [-0.3, -0.25) is 4.90 Å². The van der Waals surface area contributed by atoms with Gasteiger partial charge in [0.05, 0.1) is 5.69 Å². The van der Waals surface area contributed by atoms with Crippen LogP contribution in [0.2, 0.25) is 5.02 Å². The van der Waals surface area contributed by atoms with Gasteiger partial charge in [-0.25, -0.2) is 9.56 Å². The largest absolute Gasteiger partial charge is 0.605 e. The van der Waals surface area contributed by atoms with Crippen molar-refractivity contribution in [1.29, 1.82) is 0 Å². The van der Waals surface area contributed by atoms with Gasteiger partial charge in [-0.1, -0.05) is 41.0 Å². The molecule has 0 fully saturated rings. The Morgan fingerprint density at radius 3 is 2.83 bits per heavy atom. The third kappa shape index (κ3) is 2.43. The van der Waals surface area contributed by atoms with Crippen molar-refractivity contribution in [1.82, 2.24) is 0 Å². The predicted molar refractivity (Wildman–Crippen MR) is 88.7 cm³/mol. The van der Waals surface area contributed by atoms with Gasteiger partial charge in [0.2, 0.25) is 0 Å². The van der Waals surface area contributed by atoms with Crippen molar-refractivity contribution in [3.8, 4) is 0 Å². The minimum Gasteiger partial charge on any atom is -0.605 e. The van der Waals surface area contributed by atoms with E-state index in [1.165, 1.54) is 6.07 Å². The standard InChI is InChI=1S/C17H13ClFN3O/c18-11-5-7-16-14(9-11)12(13-3-1-2-4-15(13)19)6-8-17-20-22(23)10-21(16)17/h1-7,9,22H,8,10H2. The van der Waals surface area contributed by atoms with E-state index in [2.05, 4.69) is 5.10 Å². The molecule has 0 amide bonds. The van der Waals surface area contributed by atoms with Gasteiger partial charge in [0, 0.05) is 22.6 Å². The second-order valence-corrected chi connectivity index (χ2v) is 5.91. The van der Waals surface area contributed by atoms with Gasteiger partial charge in [-0.15, -0.1) is 0 Å². The van der Waals surface area contributed by atoms with Crippen LogP contribution >= 0.6 is 11.6 Å². The average Bonchev–Trinajstić information content (AvgIpc) is 2.83. The molecule has 2 aromatic rings. The first-order valence-corrected chi connectivity index (χ1v) is 7.64. The Balaban J connectivity index is 1.94. The molecule has 2 aromatic carbocycles. The van der Waals surface area contributed by atoms with Crippen molar-refractivity contribution in [2.45, 2.75) is 6.42 Å². The van der Waals surface area contributed by atoms with Crippen LogP contribution < -0.4 is 10.1 Å². The van der Waals surface area contributed by atoms with Crippen molar-refractivity contribution in [2.24, 2.45) is 5.10 Å². The number of nitrogens with zero attached hydrogens (tertiary/aromatic N) is 2. The van der Waals surface area contributed by atoms with E-state index in [4.69, 9.17) is 11.6 Å². The van der Waals surface area contributed by atoms with Gasteiger partial charge in [0.25, 0.3) is 0 Å². The van der Waals surface area contributed by atoms with Crippen LogP contribution in [0.1, 0.15) is 17.5 Å². The highest BCUT2D eigenvalue weighted by Crippen LogP contribution is 2.37. The molecule has 0 radical (unpaired) electrons. The molecule has 0 saturated carbocycles. The Morgan fingerprint density at radius 1 is 1.17 bits per heavy atom. The fraction of sp³-hybridized carbons (Fsp3) is 0.118. The Bertz CT molecular complexity index is 849. The monoisotopic (exact) mass is 329 g/mol. The highest BCUT2D eigenvalue weighted by molar-refractivity contribution is 6.31. The summed E-state index contributed by atoms with van der Waals surface area (Å²) in [4.78, 5) is 1.87. The smallest absolute Gasteiger partial charge is 0.182 e. The summed E-state index contributed by atoms with van der Waals surface area (Å²) in [6, 6.07) is 12.1. The summed E-state index contributed by atoms with van der Waals surface area (Å²) in [5.74, 6) is 0.398. The first-order chi connectivity index (χ1) is 11.1. The van der Waals surface area contributed by atoms with E-state index in [1.807, 2.05) is 17.0 Å². The summed E-state index contributed by atoms with van der Waals surface area (Å²) in [5.41, 5.74) is 2.92. The highest BCUT2D eigenvalue weighted by atomic mass is 35.5. The molecule has 2 heterocycles. The molecule has 4 rings (SSSR count). The van der Waals surface area contributed by atoms with Crippen molar-refractivity contribution in [3.05, 3.63) is 75.7 Å². The molecule has 1 N–H and O–H groups in total. The van der Waals surface area contributed by atoms with Crippen LogP contribution in [0.5, 0.6) is 0 Å². The van der Waals surface area contributed by atoms with Crippen LogP contribution in [0.25, 0.3) is 5.57 Å². The van der Waals surface area contributed by atoms with E-state index < -0.39 is 0 Å². The predicted octanol–water partition coefficient (Wildman–Crippen LogP) is 2.79. The van der Waals surface area contributed by atoms with Crippen LogP contribution in [0.15, 0.2) is 53.6 Å². The first-order valence-electron chi connectivity index (χ1n) is 7.26. The molecule has 0 saturated heterocycles. The average molecular weight is 330 g/mol. The van der Waals surface area contributed by atoms with Gasteiger partial charge in [-0.2, -0.15) is 0 Å². The normalized spacial score (nSPS) is 19.6. The first kappa shape index (κ1) is 14.4. The Hall–Kier alpha value is -2.21. The molecule has 2 aliphatic heterocycles. The maximum atomic E-state index is 14.3. The zero-order chi connectivity index (χ0) is 16.0. The molecule has 0 aromatic heterocycles. The van der Waals surface area contributed by atoms with Crippen LogP contribution in [-0.4, -0.2) is 12.5 Å².